The number of hydrogen-bond donors (Lipinski definition) is 5. The second kappa shape index (κ2) is 9.57. The Balaban J connectivity index is 1.39. The number of para-hydroxylation sites is 1. The number of nitrogens with zero attached hydrogens (tertiary/aromatic N) is 4. The molecule has 1 fully saturated rings. The van der Waals surface area contributed by atoms with Gasteiger partial charge in [-0.25, -0.2) is 4.79 Å². The first-order valence-corrected chi connectivity index (χ1v) is 11.6. The standard InChI is InChI=1S/C23H26N8O4/c32-21(24-12-19-27-29-30-28-19)18-11-14-7-3-4-8-17(14)31(18)22(33)16-10-9-15(25-16)20(26-23(34)35)13-5-1-2-6-13/h3-4,7-10,13,18,20,25-26H,1-2,5-6,11-12H2,(H,24,32)(H,34,35)(H,27,28,29,30)/t18?,20-/m0/s1. The van der Waals surface area contributed by atoms with E-state index >= 15 is 0 Å². The molecule has 0 spiro atoms. The lowest BCUT2D eigenvalue weighted by molar-refractivity contribution is -0.122. The molecule has 1 unspecified atom stereocenters. The topological polar surface area (TPSA) is 169 Å². The lowest BCUT2D eigenvalue weighted by Crippen LogP contribution is -2.48. The summed E-state index contributed by atoms with van der Waals surface area (Å²) in [5.74, 6) is -0.183. The first-order chi connectivity index (χ1) is 17.0. The Hall–Kier alpha value is -4.22. The van der Waals surface area contributed by atoms with Gasteiger partial charge in [0.1, 0.15) is 11.7 Å². The Morgan fingerprint density at radius 3 is 2.69 bits per heavy atom. The minimum atomic E-state index is -1.10. The van der Waals surface area contributed by atoms with Crippen LogP contribution in [0.2, 0.25) is 0 Å². The molecule has 1 aliphatic carbocycles. The number of fused-ring (bicyclic) bond motifs is 1. The minimum Gasteiger partial charge on any atom is -0.465 e. The van der Waals surface area contributed by atoms with Crippen molar-refractivity contribution >= 4 is 23.6 Å². The maximum Gasteiger partial charge on any atom is 0.405 e. The number of anilines is 1. The summed E-state index contributed by atoms with van der Waals surface area (Å²) in [4.78, 5) is 42.8. The van der Waals surface area contributed by atoms with Gasteiger partial charge in [0.15, 0.2) is 5.82 Å². The number of tetrazole rings is 1. The van der Waals surface area contributed by atoms with Gasteiger partial charge in [0.2, 0.25) is 5.91 Å². The van der Waals surface area contributed by atoms with Gasteiger partial charge in [0.25, 0.3) is 5.91 Å². The molecule has 12 nitrogen and oxygen atoms in total. The van der Waals surface area contributed by atoms with Crippen LogP contribution in [-0.4, -0.2) is 54.7 Å². The van der Waals surface area contributed by atoms with Gasteiger partial charge in [-0.05, 0) is 42.5 Å². The monoisotopic (exact) mass is 478 g/mol. The van der Waals surface area contributed by atoms with Crippen molar-refractivity contribution in [3.63, 3.8) is 0 Å². The number of carbonyl (C=O) groups excluding carboxylic acids is 2. The highest BCUT2D eigenvalue weighted by atomic mass is 16.4. The first kappa shape index (κ1) is 22.6. The van der Waals surface area contributed by atoms with Gasteiger partial charge in [-0.1, -0.05) is 36.3 Å². The van der Waals surface area contributed by atoms with E-state index in [4.69, 9.17) is 0 Å². The van der Waals surface area contributed by atoms with Crippen molar-refractivity contribution in [1.82, 2.24) is 36.2 Å². The van der Waals surface area contributed by atoms with Crippen molar-refractivity contribution in [2.75, 3.05) is 4.90 Å². The van der Waals surface area contributed by atoms with Crippen LogP contribution in [0, 0.1) is 5.92 Å². The van der Waals surface area contributed by atoms with Crippen LogP contribution in [0.4, 0.5) is 10.5 Å². The van der Waals surface area contributed by atoms with Crippen LogP contribution in [0.25, 0.3) is 0 Å². The molecule has 2 atom stereocenters. The fraction of sp³-hybridized carbons (Fsp3) is 0.391. The van der Waals surface area contributed by atoms with Crippen molar-refractivity contribution < 1.29 is 19.5 Å². The van der Waals surface area contributed by atoms with E-state index in [1.807, 2.05) is 24.3 Å². The number of amides is 3. The Bertz CT molecular complexity index is 1220. The Kier molecular flexibility index (Phi) is 6.17. The largest absolute Gasteiger partial charge is 0.465 e. The highest BCUT2D eigenvalue weighted by Gasteiger charge is 2.39. The summed E-state index contributed by atoms with van der Waals surface area (Å²) >= 11 is 0. The van der Waals surface area contributed by atoms with Crippen molar-refractivity contribution in [2.24, 2.45) is 5.92 Å². The van der Waals surface area contributed by atoms with Crippen LogP contribution in [0.15, 0.2) is 36.4 Å². The number of aromatic nitrogens is 5. The number of rotatable bonds is 7. The molecular weight excluding hydrogens is 452 g/mol. The molecular formula is C23H26N8O4. The lowest BCUT2D eigenvalue weighted by Gasteiger charge is -2.25. The van der Waals surface area contributed by atoms with Gasteiger partial charge >= 0.3 is 6.09 Å². The molecule has 182 valence electrons. The maximum absolute atomic E-state index is 13.7. The molecule has 0 saturated heterocycles. The number of carbonyl (C=O) groups is 3. The molecule has 0 radical (unpaired) electrons. The minimum absolute atomic E-state index is 0.0841. The molecule has 1 saturated carbocycles. The zero-order valence-corrected chi connectivity index (χ0v) is 18.9. The fourth-order valence-electron chi connectivity index (χ4n) is 5.11. The Morgan fingerprint density at radius 1 is 1.14 bits per heavy atom. The van der Waals surface area contributed by atoms with Gasteiger partial charge in [-0.15, -0.1) is 10.2 Å². The van der Waals surface area contributed by atoms with Gasteiger partial charge in [-0.3, -0.25) is 14.5 Å². The Labute approximate surface area is 200 Å². The van der Waals surface area contributed by atoms with Gasteiger partial charge in [0, 0.05) is 17.8 Å². The summed E-state index contributed by atoms with van der Waals surface area (Å²) in [7, 11) is 0. The van der Waals surface area contributed by atoms with Crippen LogP contribution in [-0.2, 0) is 17.8 Å². The fourth-order valence-corrected chi connectivity index (χ4v) is 5.11. The number of H-pyrrole nitrogens is 2. The average Bonchev–Trinajstić information content (AvgIpc) is 3.67. The summed E-state index contributed by atoms with van der Waals surface area (Å²) in [5.41, 5.74) is 2.50. The van der Waals surface area contributed by atoms with Gasteiger partial charge < -0.3 is 20.7 Å². The normalized spacial score (nSPS) is 18.3. The van der Waals surface area contributed by atoms with Crippen LogP contribution in [0.5, 0.6) is 0 Å². The predicted octanol–water partition coefficient (Wildman–Crippen LogP) is 1.91. The van der Waals surface area contributed by atoms with E-state index in [1.165, 1.54) is 4.90 Å². The van der Waals surface area contributed by atoms with Crippen molar-refractivity contribution in [3.8, 4) is 0 Å². The number of aromatic amines is 2. The van der Waals surface area contributed by atoms with Crippen LogP contribution in [0.1, 0.15) is 59.3 Å². The second-order valence-electron chi connectivity index (χ2n) is 8.87. The highest BCUT2D eigenvalue weighted by Crippen LogP contribution is 2.37. The third-order valence-electron chi connectivity index (χ3n) is 6.73. The molecule has 5 rings (SSSR count). The zero-order valence-electron chi connectivity index (χ0n) is 18.9. The molecule has 2 aromatic heterocycles. The highest BCUT2D eigenvalue weighted by molar-refractivity contribution is 6.10. The number of hydrogen-bond acceptors (Lipinski definition) is 6. The molecule has 1 aliphatic heterocycles. The Morgan fingerprint density at radius 2 is 1.94 bits per heavy atom. The number of nitrogens with one attached hydrogen (secondary N) is 4. The number of carboxylic acid groups (broad SMARTS) is 1. The van der Waals surface area contributed by atoms with E-state index in [2.05, 4.69) is 36.2 Å². The third-order valence-corrected chi connectivity index (χ3v) is 6.73. The molecule has 1 aromatic carbocycles. The van der Waals surface area contributed by atoms with Crippen LogP contribution in [0.3, 0.4) is 0 Å². The average molecular weight is 479 g/mol. The summed E-state index contributed by atoms with van der Waals surface area (Å²) in [6.07, 6.45) is 3.24. The quantitative estimate of drug-likeness (QED) is 0.345. The van der Waals surface area contributed by atoms with E-state index in [9.17, 15) is 19.5 Å². The maximum atomic E-state index is 13.7. The van der Waals surface area contributed by atoms with Crippen LogP contribution < -0.4 is 15.5 Å². The molecule has 3 heterocycles. The van der Waals surface area contributed by atoms with Gasteiger partial charge in [0.05, 0.1) is 12.6 Å². The third kappa shape index (κ3) is 4.59. The predicted molar refractivity (Wildman–Crippen MR) is 123 cm³/mol. The van der Waals surface area contributed by atoms with E-state index in [0.717, 1.165) is 31.2 Å². The van der Waals surface area contributed by atoms with E-state index in [-0.39, 0.29) is 24.3 Å². The van der Waals surface area contributed by atoms with Crippen molar-refractivity contribution in [3.05, 3.63) is 59.2 Å². The molecule has 5 N–H and O–H groups in total. The molecule has 3 aromatic rings. The smallest absolute Gasteiger partial charge is 0.405 e. The van der Waals surface area contributed by atoms with Crippen molar-refractivity contribution in [2.45, 2.75) is 50.7 Å². The molecule has 0 bridgehead atoms. The van der Waals surface area contributed by atoms with Gasteiger partial charge in [-0.2, -0.15) is 5.21 Å². The summed E-state index contributed by atoms with van der Waals surface area (Å²) < 4.78 is 0. The zero-order chi connectivity index (χ0) is 24.4. The summed E-state index contributed by atoms with van der Waals surface area (Å²) in [6.45, 7) is 0.0841. The molecule has 35 heavy (non-hydrogen) atoms. The van der Waals surface area contributed by atoms with E-state index < -0.39 is 18.2 Å². The van der Waals surface area contributed by atoms with Crippen LogP contribution >= 0.6 is 0 Å². The van der Waals surface area contributed by atoms with E-state index in [1.54, 1.807) is 12.1 Å². The molecule has 12 heteroatoms. The first-order valence-electron chi connectivity index (χ1n) is 11.6. The van der Waals surface area contributed by atoms with Crippen molar-refractivity contribution in [1.29, 1.82) is 0 Å². The summed E-state index contributed by atoms with van der Waals surface area (Å²) in [6, 6.07) is 9.64. The SMILES string of the molecule is O=C(O)N[C@H](c1ccc(C(=O)N2c3ccccc3CC2C(=O)NCc2nn[nH]n2)[nH]1)C1CCCC1. The second-order valence-corrected chi connectivity index (χ2v) is 8.87. The molecule has 2 aliphatic rings. The molecule has 3 amide bonds. The lowest BCUT2D eigenvalue weighted by atomic mass is 9.95. The van der Waals surface area contributed by atoms with E-state index in [0.29, 0.717) is 29.3 Å². The number of benzene rings is 1. The summed E-state index contributed by atoms with van der Waals surface area (Å²) in [5, 5.41) is 28.2.